The molecule has 2 aromatic rings. The van der Waals surface area contributed by atoms with Crippen LogP contribution in [-0.2, 0) is 11.3 Å². The molecule has 4 rings (SSSR count). The lowest BCUT2D eigenvalue weighted by Crippen LogP contribution is -2.36. The van der Waals surface area contributed by atoms with Crippen LogP contribution < -0.4 is 4.74 Å². The molecule has 3 heterocycles. The number of benzene rings is 1. The second kappa shape index (κ2) is 7.71. The van der Waals surface area contributed by atoms with Crippen LogP contribution in [0, 0.1) is 18.3 Å². The molecule has 0 spiro atoms. The van der Waals surface area contributed by atoms with Gasteiger partial charge in [0.05, 0.1) is 17.3 Å². The Balaban J connectivity index is 1.43. The van der Waals surface area contributed by atoms with E-state index in [0.29, 0.717) is 36.2 Å². The standard InChI is InChI=1S/C23H25N5O2/c1-16-5-7-19(12-25-16)30-20-8-6-17(9-18(20)11-24)13-29-21-10-22-27(4)23(2,3)14-28(22)15-26-21/h5-10,12H,13-15H2,1-4H3. The molecular weight excluding hydrogens is 378 g/mol. The number of hydrogen-bond donors (Lipinski definition) is 0. The number of hydrogen-bond acceptors (Lipinski definition) is 7. The number of nitrogens with zero attached hydrogens (tertiary/aromatic N) is 5. The monoisotopic (exact) mass is 403 g/mol. The summed E-state index contributed by atoms with van der Waals surface area (Å²) in [6.45, 7) is 8.20. The van der Waals surface area contributed by atoms with Gasteiger partial charge in [-0.3, -0.25) is 4.98 Å². The Bertz CT molecular complexity index is 1050. The summed E-state index contributed by atoms with van der Waals surface area (Å²) in [6.07, 6.45) is 3.62. The summed E-state index contributed by atoms with van der Waals surface area (Å²) in [5.41, 5.74) is 2.31. The zero-order valence-corrected chi connectivity index (χ0v) is 17.7. The topological polar surface area (TPSA) is 74.0 Å². The lowest BCUT2D eigenvalue weighted by molar-refractivity contribution is 0.261. The summed E-state index contributed by atoms with van der Waals surface area (Å²) in [5, 5.41) is 9.53. The highest BCUT2D eigenvalue weighted by molar-refractivity contribution is 5.89. The van der Waals surface area contributed by atoms with Crippen LogP contribution in [0.4, 0.5) is 0 Å². The highest BCUT2D eigenvalue weighted by atomic mass is 16.5. The maximum absolute atomic E-state index is 9.53. The summed E-state index contributed by atoms with van der Waals surface area (Å²) in [4.78, 5) is 13.2. The lowest BCUT2D eigenvalue weighted by Gasteiger charge is -2.28. The third-order valence-electron chi connectivity index (χ3n) is 5.47. The van der Waals surface area contributed by atoms with Gasteiger partial charge in [-0.15, -0.1) is 0 Å². The number of aryl methyl sites for hydroxylation is 1. The normalized spacial score (nSPS) is 17.0. The van der Waals surface area contributed by atoms with Gasteiger partial charge in [-0.25, -0.2) is 4.99 Å². The maximum atomic E-state index is 9.53. The Hall–Kier alpha value is -3.53. The SMILES string of the molecule is Cc1ccc(Oc2ccc(COC3=NCN4CC(C)(C)N(C)C4=C3)cc2C#N)cn1. The first-order valence-corrected chi connectivity index (χ1v) is 9.87. The molecule has 1 saturated heterocycles. The fraction of sp³-hybridized carbons (Fsp3) is 0.348. The molecular formula is C23H25N5O2. The molecule has 1 fully saturated rings. The van der Waals surface area contributed by atoms with E-state index >= 15 is 0 Å². The number of pyridine rings is 1. The summed E-state index contributed by atoms with van der Waals surface area (Å²) in [6, 6.07) is 11.4. The van der Waals surface area contributed by atoms with Gasteiger partial charge < -0.3 is 19.3 Å². The van der Waals surface area contributed by atoms with Crippen molar-refractivity contribution < 1.29 is 9.47 Å². The fourth-order valence-electron chi connectivity index (χ4n) is 3.53. The van der Waals surface area contributed by atoms with E-state index in [-0.39, 0.29) is 5.54 Å². The minimum Gasteiger partial charge on any atom is -0.473 e. The number of fused-ring (bicyclic) bond motifs is 1. The second-order valence-electron chi connectivity index (χ2n) is 8.18. The predicted octanol–water partition coefficient (Wildman–Crippen LogP) is 3.81. The van der Waals surface area contributed by atoms with Crippen molar-refractivity contribution in [1.29, 1.82) is 5.26 Å². The molecule has 7 heteroatoms. The zero-order valence-electron chi connectivity index (χ0n) is 17.7. The van der Waals surface area contributed by atoms with E-state index in [1.54, 1.807) is 18.3 Å². The second-order valence-corrected chi connectivity index (χ2v) is 8.18. The molecule has 0 radical (unpaired) electrons. The van der Waals surface area contributed by atoms with Gasteiger partial charge in [0, 0.05) is 25.4 Å². The number of likely N-dealkylation sites (N-methyl/N-ethyl adjacent to an activating group) is 1. The molecule has 0 amide bonds. The van der Waals surface area contributed by atoms with Crippen molar-refractivity contribution in [3.8, 4) is 17.6 Å². The Morgan fingerprint density at radius 3 is 2.80 bits per heavy atom. The first-order chi connectivity index (χ1) is 14.4. The molecule has 7 nitrogen and oxygen atoms in total. The van der Waals surface area contributed by atoms with Crippen molar-refractivity contribution in [3.05, 3.63) is 65.2 Å². The smallest absolute Gasteiger partial charge is 0.214 e. The van der Waals surface area contributed by atoms with Crippen molar-refractivity contribution in [2.75, 3.05) is 20.3 Å². The van der Waals surface area contributed by atoms with Crippen LogP contribution in [0.15, 0.2) is 53.4 Å². The maximum Gasteiger partial charge on any atom is 0.214 e. The van der Waals surface area contributed by atoms with Crippen LogP contribution in [-0.4, -0.2) is 46.5 Å². The molecule has 0 saturated carbocycles. The highest BCUT2D eigenvalue weighted by Crippen LogP contribution is 2.32. The van der Waals surface area contributed by atoms with Crippen LogP contribution >= 0.6 is 0 Å². The first-order valence-electron chi connectivity index (χ1n) is 9.87. The van der Waals surface area contributed by atoms with E-state index in [0.717, 1.165) is 23.6 Å². The average Bonchev–Trinajstić information content (AvgIpc) is 2.97. The van der Waals surface area contributed by atoms with Gasteiger partial charge in [-0.05, 0) is 50.6 Å². The Morgan fingerprint density at radius 2 is 2.07 bits per heavy atom. The van der Waals surface area contributed by atoms with Crippen LogP contribution in [0.5, 0.6) is 11.5 Å². The zero-order chi connectivity index (χ0) is 21.3. The van der Waals surface area contributed by atoms with Gasteiger partial charge in [-0.1, -0.05) is 6.07 Å². The van der Waals surface area contributed by atoms with Crippen LogP contribution in [0.3, 0.4) is 0 Å². The molecule has 0 aliphatic carbocycles. The van der Waals surface area contributed by atoms with Crippen molar-refractivity contribution in [2.24, 2.45) is 4.99 Å². The van der Waals surface area contributed by atoms with Gasteiger partial charge >= 0.3 is 0 Å². The third kappa shape index (κ3) is 3.94. The highest BCUT2D eigenvalue weighted by Gasteiger charge is 2.38. The lowest BCUT2D eigenvalue weighted by atomic mass is 10.1. The Kier molecular flexibility index (Phi) is 5.08. The number of rotatable bonds is 4. The van der Waals surface area contributed by atoms with E-state index in [1.165, 1.54) is 0 Å². The van der Waals surface area contributed by atoms with Crippen LogP contribution in [0.1, 0.15) is 30.7 Å². The quantitative estimate of drug-likeness (QED) is 0.773. The molecule has 1 aromatic heterocycles. The van der Waals surface area contributed by atoms with E-state index in [4.69, 9.17) is 9.47 Å². The van der Waals surface area contributed by atoms with Crippen molar-refractivity contribution in [1.82, 2.24) is 14.8 Å². The molecule has 0 bridgehead atoms. The van der Waals surface area contributed by atoms with Gasteiger partial charge in [0.15, 0.2) is 0 Å². The summed E-state index contributed by atoms with van der Waals surface area (Å²) < 4.78 is 11.7. The number of aliphatic imine (C=N–C) groups is 1. The number of aromatic nitrogens is 1. The molecule has 2 aliphatic rings. The van der Waals surface area contributed by atoms with Crippen molar-refractivity contribution in [3.63, 3.8) is 0 Å². The Labute approximate surface area is 176 Å². The molecule has 0 unspecified atom stereocenters. The van der Waals surface area contributed by atoms with E-state index in [2.05, 4.69) is 46.7 Å². The van der Waals surface area contributed by atoms with Crippen molar-refractivity contribution >= 4 is 5.90 Å². The summed E-state index contributed by atoms with van der Waals surface area (Å²) >= 11 is 0. The van der Waals surface area contributed by atoms with E-state index in [9.17, 15) is 5.26 Å². The van der Waals surface area contributed by atoms with E-state index < -0.39 is 0 Å². The van der Waals surface area contributed by atoms with Crippen LogP contribution in [0.2, 0.25) is 0 Å². The van der Waals surface area contributed by atoms with Gasteiger partial charge in [0.25, 0.3) is 0 Å². The van der Waals surface area contributed by atoms with Gasteiger partial charge in [0.1, 0.15) is 36.7 Å². The summed E-state index contributed by atoms with van der Waals surface area (Å²) in [5.74, 6) is 2.82. The third-order valence-corrected chi connectivity index (χ3v) is 5.47. The predicted molar refractivity (Wildman–Crippen MR) is 114 cm³/mol. The number of ether oxygens (including phenoxy) is 2. The molecule has 2 aliphatic heterocycles. The van der Waals surface area contributed by atoms with Crippen LogP contribution in [0.25, 0.3) is 0 Å². The van der Waals surface area contributed by atoms with Gasteiger partial charge in [0.2, 0.25) is 5.90 Å². The minimum atomic E-state index is 0.0707. The first kappa shape index (κ1) is 19.8. The molecule has 0 atom stereocenters. The largest absolute Gasteiger partial charge is 0.473 e. The number of nitriles is 1. The molecule has 0 N–H and O–H groups in total. The molecule has 1 aromatic carbocycles. The fourth-order valence-corrected chi connectivity index (χ4v) is 3.53. The van der Waals surface area contributed by atoms with E-state index in [1.807, 2.05) is 31.2 Å². The minimum absolute atomic E-state index is 0.0707. The summed E-state index contributed by atoms with van der Waals surface area (Å²) in [7, 11) is 2.09. The molecule has 30 heavy (non-hydrogen) atoms. The Morgan fingerprint density at radius 1 is 1.23 bits per heavy atom. The molecule has 154 valence electrons. The average molecular weight is 403 g/mol. The van der Waals surface area contributed by atoms with Crippen molar-refractivity contribution in [2.45, 2.75) is 32.9 Å². The van der Waals surface area contributed by atoms with Gasteiger partial charge in [-0.2, -0.15) is 5.26 Å².